The number of amides is 1. The van der Waals surface area contributed by atoms with Crippen molar-refractivity contribution < 1.29 is 14.3 Å². The first-order valence-corrected chi connectivity index (χ1v) is 11.2. The number of hydrogen-bond acceptors (Lipinski definition) is 7. The van der Waals surface area contributed by atoms with Crippen LogP contribution in [0.3, 0.4) is 0 Å². The second-order valence-corrected chi connectivity index (χ2v) is 8.44. The number of carbonyl (C=O) groups is 2. The van der Waals surface area contributed by atoms with E-state index in [0.717, 1.165) is 32.8 Å². The van der Waals surface area contributed by atoms with E-state index in [1.807, 2.05) is 44.2 Å². The summed E-state index contributed by atoms with van der Waals surface area (Å²) in [5.74, 6) is -0.510. The quantitative estimate of drug-likeness (QED) is 0.329. The maximum absolute atomic E-state index is 12.5. The van der Waals surface area contributed by atoms with E-state index in [1.54, 1.807) is 11.3 Å². The second kappa shape index (κ2) is 9.84. The highest BCUT2D eigenvalue weighted by atomic mass is 32.2. The van der Waals surface area contributed by atoms with Crippen molar-refractivity contribution in [1.29, 1.82) is 0 Å². The lowest BCUT2D eigenvalue weighted by molar-refractivity contribution is -0.146. The Balaban J connectivity index is 1.78. The van der Waals surface area contributed by atoms with Gasteiger partial charge in [-0.05, 0) is 11.5 Å². The van der Waals surface area contributed by atoms with Crippen LogP contribution in [0.15, 0.2) is 47.1 Å². The fraction of sp³-hybridized carbons (Fsp3) is 0.333. The number of aromatic nitrogens is 2. The normalized spacial score (nSPS) is 13.1. The van der Waals surface area contributed by atoms with Crippen molar-refractivity contribution in [3.05, 3.63) is 42.0 Å². The summed E-state index contributed by atoms with van der Waals surface area (Å²) in [4.78, 5) is 34.2. The molecule has 1 aromatic carbocycles. The molecule has 6 nitrogen and oxygen atoms in total. The average molecular weight is 430 g/mol. The van der Waals surface area contributed by atoms with E-state index in [2.05, 4.69) is 20.7 Å². The van der Waals surface area contributed by atoms with Gasteiger partial charge in [-0.3, -0.25) is 4.79 Å². The predicted octanol–water partition coefficient (Wildman–Crippen LogP) is 4.15. The summed E-state index contributed by atoms with van der Waals surface area (Å²) in [5, 5.41) is 6.57. The van der Waals surface area contributed by atoms with Crippen LogP contribution < -0.4 is 5.32 Å². The fourth-order valence-electron chi connectivity index (χ4n) is 2.93. The number of esters is 1. The zero-order valence-electron chi connectivity index (χ0n) is 16.5. The predicted molar refractivity (Wildman–Crippen MR) is 117 cm³/mol. The number of benzene rings is 1. The van der Waals surface area contributed by atoms with Gasteiger partial charge >= 0.3 is 5.97 Å². The van der Waals surface area contributed by atoms with E-state index in [4.69, 9.17) is 4.74 Å². The molecule has 3 rings (SSSR count). The van der Waals surface area contributed by atoms with Crippen molar-refractivity contribution in [3.8, 4) is 11.1 Å². The second-order valence-electron chi connectivity index (χ2n) is 6.62. The minimum Gasteiger partial charge on any atom is -0.467 e. The van der Waals surface area contributed by atoms with Crippen molar-refractivity contribution in [3.63, 3.8) is 0 Å². The van der Waals surface area contributed by atoms with Gasteiger partial charge in [0.2, 0.25) is 5.91 Å². The average Bonchev–Trinajstić information content (AvgIpc) is 3.20. The van der Waals surface area contributed by atoms with Crippen LogP contribution in [0.4, 0.5) is 0 Å². The lowest BCUT2D eigenvalue weighted by atomic mass is 9.99. The maximum Gasteiger partial charge on any atom is 0.328 e. The van der Waals surface area contributed by atoms with Gasteiger partial charge in [-0.2, -0.15) is 0 Å². The minimum atomic E-state index is -0.649. The number of thioether (sulfide) groups is 1. The molecule has 0 saturated heterocycles. The molecule has 0 aliphatic rings. The van der Waals surface area contributed by atoms with Crippen LogP contribution >= 0.6 is 23.1 Å². The Hall–Kier alpha value is -2.45. The van der Waals surface area contributed by atoms with Crippen molar-refractivity contribution >= 4 is 45.2 Å². The lowest BCUT2D eigenvalue weighted by Crippen LogP contribution is -2.46. The van der Waals surface area contributed by atoms with Gasteiger partial charge in [-0.15, -0.1) is 11.3 Å². The van der Waals surface area contributed by atoms with E-state index >= 15 is 0 Å². The van der Waals surface area contributed by atoms with E-state index < -0.39 is 12.0 Å². The highest BCUT2D eigenvalue weighted by Crippen LogP contribution is 2.37. The third-order valence-electron chi connectivity index (χ3n) is 4.74. The molecule has 0 aliphatic carbocycles. The number of nitrogens with one attached hydrogen (secondary N) is 1. The molecular formula is C21H23N3O3S2. The molecule has 2 unspecified atom stereocenters. The monoisotopic (exact) mass is 429 g/mol. The molecule has 0 radical (unpaired) electrons. The first-order chi connectivity index (χ1) is 14.0. The zero-order chi connectivity index (χ0) is 20.8. The summed E-state index contributed by atoms with van der Waals surface area (Å²) < 4.78 is 4.83. The first kappa shape index (κ1) is 21.3. The summed E-state index contributed by atoms with van der Waals surface area (Å²) in [7, 11) is 1.33. The van der Waals surface area contributed by atoms with Crippen LogP contribution in [0.2, 0.25) is 0 Å². The molecular weight excluding hydrogens is 406 g/mol. The molecule has 0 saturated carbocycles. The molecule has 3 aromatic rings. The number of ether oxygens (including phenoxy) is 1. The Morgan fingerprint density at radius 3 is 2.69 bits per heavy atom. The molecule has 2 aromatic heterocycles. The van der Waals surface area contributed by atoms with E-state index in [9.17, 15) is 9.59 Å². The molecule has 152 valence electrons. The molecule has 1 N–H and O–H groups in total. The fourth-order valence-corrected chi connectivity index (χ4v) is 4.74. The summed E-state index contributed by atoms with van der Waals surface area (Å²) in [6.07, 6.45) is 2.28. The van der Waals surface area contributed by atoms with E-state index in [-0.39, 0.29) is 17.6 Å². The van der Waals surface area contributed by atoms with Gasteiger partial charge in [-0.1, -0.05) is 62.4 Å². The Bertz CT molecular complexity index is 991. The third-order valence-corrected chi connectivity index (χ3v) is 6.62. The van der Waals surface area contributed by atoms with Crippen LogP contribution in [0.5, 0.6) is 0 Å². The minimum absolute atomic E-state index is 0.0104. The molecule has 29 heavy (non-hydrogen) atoms. The zero-order valence-corrected chi connectivity index (χ0v) is 18.2. The number of methoxy groups -OCH3 is 1. The number of hydrogen-bond donors (Lipinski definition) is 1. The summed E-state index contributed by atoms with van der Waals surface area (Å²) in [6.45, 7) is 3.89. The largest absolute Gasteiger partial charge is 0.467 e. The lowest BCUT2D eigenvalue weighted by Gasteiger charge is -2.21. The van der Waals surface area contributed by atoms with Crippen molar-refractivity contribution in [1.82, 2.24) is 15.3 Å². The van der Waals surface area contributed by atoms with Crippen LogP contribution in [-0.4, -0.2) is 40.7 Å². The van der Waals surface area contributed by atoms with Crippen molar-refractivity contribution in [2.45, 2.75) is 31.3 Å². The SMILES string of the molecule is CCC(C)C(NC(=O)CSc1ncnc2scc(-c3ccccc3)c12)C(=O)OC. The molecule has 1 amide bonds. The van der Waals surface area contributed by atoms with E-state index in [1.165, 1.54) is 25.2 Å². The Labute approximate surface area is 178 Å². The topological polar surface area (TPSA) is 81.2 Å². The summed E-state index contributed by atoms with van der Waals surface area (Å²) in [6, 6.07) is 9.40. The van der Waals surface area contributed by atoms with Crippen LogP contribution in [0.1, 0.15) is 20.3 Å². The van der Waals surface area contributed by atoms with Gasteiger partial charge in [0, 0.05) is 10.9 Å². The molecule has 2 heterocycles. The molecule has 0 aliphatic heterocycles. The highest BCUT2D eigenvalue weighted by molar-refractivity contribution is 8.00. The number of carbonyl (C=O) groups excluding carboxylic acids is 2. The number of nitrogens with zero attached hydrogens (tertiary/aromatic N) is 2. The standard InChI is InChI=1S/C21H23N3O3S2/c1-4-13(2)18(21(26)27-3)24-16(25)11-29-20-17-15(14-8-6-5-7-9-14)10-28-19(17)22-12-23-20/h5-10,12-13,18H,4,11H2,1-3H3,(H,24,25). The molecule has 0 fully saturated rings. The van der Waals surface area contributed by atoms with Crippen molar-refractivity contribution in [2.75, 3.05) is 12.9 Å². The maximum atomic E-state index is 12.5. The van der Waals surface area contributed by atoms with Crippen LogP contribution in [0.25, 0.3) is 21.3 Å². The molecule has 8 heteroatoms. The van der Waals surface area contributed by atoms with E-state index in [0.29, 0.717) is 0 Å². The summed E-state index contributed by atoms with van der Waals surface area (Å²) >= 11 is 2.90. The van der Waals surface area contributed by atoms with Gasteiger partial charge in [0.15, 0.2) is 0 Å². The van der Waals surface area contributed by atoms with Crippen LogP contribution in [0, 0.1) is 5.92 Å². The molecule has 0 spiro atoms. The smallest absolute Gasteiger partial charge is 0.328 e. The van der Waals surface area contributed by atoms with Crippen molar-refractivity contribution in [2.24, 2.45) is 5.92 Å². The Morgan fingerprint density at radius 1 is 1.24 bits per heavy atom. The molecule has 0 bridgehead atoms. The molecule has 2 atom stereocenters. The number of thiophene rings is 1. The first-order valence-electron chi connectivity index (χ1n) is 9.32. The third kappa shape index (κ3) is 4.94. The van der Waals surface area contributed by atoms with Gasteiger partial charge in [0.1, 0.15) is 22.2 Å². The van der Waals surface area contributed by atoms with Gasteiger partial charge < -0.3 is 10.1 Å². The Morgan fingerprint density at radius 2 is 2.00 bits per heavy atom. The Kier molecular flexibility index (Phi) is 7.22. The summed E-state index contributed by atoms with van der Waals surface area (Å²) in [5.41, 5.74) is 2.14. The van der Waals surface area contributed by atoms with Gasteiger partial charge in [-0.25, -0.2) is 14.8 Å². The van der Waals surface area contributed by atoms with Crippen LogP contribution in [-0.2, 0) is 14.3 Å². The number of fused-ring (bicyclic) bond motifs is 1. The van der Waals surface area contributed by atoms with Gasteiger partial charge in [0.25, 0.3) is 0 Å². The highest BCUT2D eigenvalue weighted by Gasteiger charge is 2.26. The van der Waals surface area contributed by atoms with Gasteiger partial charge in [0.05, 0.1) is 18.2 Å². The number of rotatable bonds is 8.